The van der Waals surface area contributed by atoms with Crippen LogP contribution in [-0.4, -0.2) is 18.3 Å². The molecule has 2 heteroatoms. The molecule has 0 unspecified atom stereocenters. The average Bonchev–Trinajstić information content (AvgIpc) is 1.63. The lowest BCUT2D eigenvalue weighted by molar-refractivity contribution is 0.585. The molecule has 0 saturated heterocycles. The van der Waals surface area contributed by atoms with E-state index in [1.807, 2.05) is 6.21 Å². The number of hydrogen-bond acceptors (Lipinski definition) is 2. The topological polar surface area (TPSA) is 38.4 Å². The van der Waals surface area contributed by atoms with E-state index in [9.17, 15) is 0 Å². The van der Waals surface area contributed by atoms with E-state index in [-0.39, 0.29) is 5.54 Å². The number of rotatable bonds is 2. The summed E-state index contributed by atoms with van der Waals surface area (Å²) in [5.74, 6) is 0. The van der Waals surface area contributed by atoms with E-state index in [2.05, 4.69) is 25.8 Å². The third-order valence-electron chi connectivity index (χ3n) is 0.774. The first-order valence-electron chi connectivity index (χ1n) is 3.30. The van der Waals surface area contributed by atoms with Crippen LogP contribution in [0.2, 0.25) is 0 Å². The van der Waals surface area contributed by atoms with Gasteiger partial charge in [-0.15, -0.1) is 0 Å². The lowest BCUT2D eigenvalue weighted by Gasteiger charge is -2.10. The van der Waals surface area contributed by atoms with E-state index in [1.165, 1.54) is 0 Å². The summed E-state index contributed by atoms with van der Waals surface area (Å²) in [5.41, 5.74) is 5.33. The standard InChI is InChI=1S/C7H16N2/c1-7(2,3)9-6-4-5-8/h6H,4-5,8H2,1-3H3. The minimum absolute atomic E-state index is 0.0647. The highest BCUT2D eigenvalue weighted by Crippen LogP contribution is 2.04. The van der Waals surface area contributed by atoms with Crippen LogP contribution in [0.15, 0.2) is 4.99 Å². The molecule has 0 fully saturated rings. The highest BCUT2D eigenvalue weighted by atomic mass is 14.8. The summed E-state index contributed by atoms with van der Waals surface area (Å²) in [6.07, 6.45) is 2.78. The fourth-order valence-corrected chi connectivity index (χ4v) is 0.413. The van der Waals surface area contributed by atoms with Crippen LogP contribution >= 0.6 is 0 Å². The van der Waals surface area contributed by atoms with Crippen LogP contribution in [0, 0.1) is 0 Å². The van der Waals surface area contributed by atoms with E-state index < -0.39 is 0 Å². The van der Waals surface area contributed by atoms with Gasteiger partial charge in [-0.05, 0) is 33.7 Å². The van der Waals surface area contributed by atoms with E-state index in [0.717, 1.165) is 6.42 Å². The molecule has 0 radical (unpaired) electrons. The molecule has 9 heavy (non-hydrogen) atoms. The zero-order valence-electron chi connectivity index (χ0n) is 6.52. The van der Waals surface area contributed by atoms with E-state index in [4.69, 9.17) is 5.73 Å². The van der Waals surface area contributed by atoms with Crippen LogP contribution in [-0.2, 0) is 0 Å². The SMILES string of the molecule is CC(C)(C)N=CCCN. The summed E-state index contributed by atoms with van der Waals surface area (Å²) >= 11 is 0. The van der Waals surface area contributed by atoms with Gasteiger partial charge in [-0.1, -0.05) is 0 Å². The van der Waals surface area contributed by atoms with Crippen molar-refractivity contribution in [1.82, 2.24) is 0 Å². The van der Waals surface area contributed by atoms with Crippen LogP contribution in [0.25, 0.3) is 0 Å². The first-order valence-corrected chi connectivity index (χ1v) is 3.30. The molecular formula is C7H16N2. The molecule has 2 N–H and O–H groups in total. The lowest BCUT2D eigenvalue weighted by Crippen LogP contribution is -2.10. The van der Waals surface area contributed by atoms with Crippen LogP contribution in [0.1, 0.15) is 27.2 Å². The Bertz CT molecular complexity index is 89.6. The van der Waals surface area contributed by atoms with E-state index in [1.54, 1.807) is 0 Å². The number of nitrogens with two attached hydrogens (primary N) is 1. The molecule has 0 aromatic rings. The average molecular weight is 128 g/mol. The Morgan fingerprint density at radius 3 is 2.33 bits per heavy atom. The predicted molar refractivity (Wildman–Crippen MR) is 41.9 cm³/mol. The minimum atomic E-state index is 0.0647. The molecule has 0 aromatic carbocycles. The van der Waals surface area contributed by atoms with Crippen LogP contribution in [0.4, 0.5) is 0 Å². The van der Waals surface area contributed by atoms with Gasteiger partial charge in [-0.25, -0.2) is 0 Å². The molecule has 0 atom stereocenters. The van der Waals surface area contributed by atoms with Crippen molar-refractivity contribution in [2.45, 2.75) is 32.7 Å². The summed E-state index contributed by atoms with van der Waals surface area (Å²) in [6, 6.07) is 0. The molecule has 0 spiro atoms. The zero-order chi connectivity index (χ0) is 7.33. The Labute approximate surface area is 57.2 Å². The molecule has 0 aliphatic heterocycles. The molecule has 0 heterocycles. The van der Waals surface area contributed by atoms with Gasteiger partial charge in [-0.2, -0.15) is 0 Å². The van der Waals surface area contributed by atoms with Crippen molar-refractivity contribution in [3.63, 3.8) is 0 Å². The quantitative estimate of drug-likeness (QED) is 0.558. The molecule has 2 nitrogen and oxygen atoms in total. The second-order valence-corrected chi connectivity index (χ2v) is 3.06. The van der Waals surface area contributed by atoms with Crippen LogP contribution < -0.4 is 5.73 Å². The normalized spacial score (nSPS) is 12.9. The van der Waals surface area contributed by atoms with E-state index >= 15 is 0 Å². The fraction of sp³-hybridized carbons (Fsp3) is 0.857. The van der Waals surface area contributed by atoms with Gasteiger partial charge in [0.05, 0.1) is 5.54 Å². The van der Waals surface area contributed by atoms with E-state index in [0.29, 0.717) is 6.54 Å². The molecule has 0 aromatic heterocycles. The van der Waals surface area contributed by atoms with Crippen LogP contribution in [0.3, 0.4) is 0 Å². The first-order chi connectivity index (χ1) is 4.06. The zero-order valence-corrected chi connectivity index (χ0v) is 6.52. The van der Waals surface area contributed by atoms with Crippen molar-refractivity contribution in [2.75, 3.05) is 6.54 Å². The Morgan fingerprint density at radius 2 is 2.00 bits per heavy atom. The number of aliphatic imine (C=N–C) groups is 1. The molecular weight excluding hydrogens is 112 g/mol. The van der Waals surface area contributed by atoms with Gasteiger partial charge in [0.25, 0.3) is 0 Å². The molecule has 0 saturated carbocycles. The molecule has 0 bridgehead atoms. The first kappa shape index (κ1) is 8.63. The summed E-state index contributed by atoms with van der Waals surface area (Å²) in [4.78, 5) is 4.24. The Kier molecular flexibility index (Phi) is 3.47. The maximum atomic E-state index is 5.27. The molecule has 0 amide bonds. The molecule has 0 aliphatic rings. The van der Waals surface area contributed by atoms with Crippen molar-refractivity contribution in [3.05, 3.63) is 0 Å². The van der Waals surface area contributed by atoms with Gasteiger partial charge in [-0.3, -0.25) is 4.99 Å². The third-order valence-corrected chi connectivity index (χ3v) is 0.774. The second-order valence-electron chi connectivity index (χ2n) is 3.06. The summed E-state index contributed by atoms with van der Waals surface area (Å²) < 4.78 is 0. The Morgan fingerprint density at radius 1 is 1.44 bits per heavy atom. The number of hydrogen-bond donors (Lipinski definition) is 1. The highest BCUT2D eigenvalue weighted by Gasteiger charge is 2.03. The van der Waals surface area contributed by atoms with Gasteiger partial charge in [0.15, 0.2) is 0 Å². The summed E-state index contributed by atoms with van der Waals surface area (Å²) in [7, 11) is 0. The maximum Gasteiger partial charge on any atom is 0.0520 e. The summed E-state index contributed by atoms with van der Waals surface area (Å²) in [5, 5.41) is 0. The smallest absolute Gasteiger partial charge is 0.0520 e. The minimum Gasteiger partial charge on any atom is -0.330 e. The van der Waals surface area contributed by atoms with Gasteiger partial charge in [0, 0.05) is 6.21 Å². The van der Waals surface area contributed by atoms with Gasteiger partial charge < -0.3 is 5.73 Å². The van der Waals surface area contributed by atoms with Crippen molar-refractivity contribution in [2.24, 2.45) is 10.7 Å². The van der Waals surface area contributed by atoms with Gasteiger partial charge >= 0.3 is 0 Å². The maximum absolute atomic E-state index is 5.27. The molecule has 54 valence electrons. The van der Waals surface area contributed by atoms with Gasteiger partial charge in [0.2, 0.25) is 0 Å². The molecule has 0 aliphatic carbocycles. The highest BCUT2D eigenvalue weighted by molar-refractivity contribution is 5.57. The van der Waals surface area contributed by atoms with Crippen molar-refractivity contribution >= 4 is 6.21 Å². The third kappa shape index (κ3) is 7.63. The predicted octanol–water partition coefficient (Wildman–Crippen LogP) is 1.20. The Hall–Kier alpha value is -0.370. The number of nitrogens with zero attached hydrogens (tertiary/aromatic N) is 1. The van der Waals surface area contributed by atoms with Crippen molar-refractivity contribution < 1.29 is 0 Å². The lowest BCUT2D eigenvalue weighted by atomic mass is 10.1. The molecule has 0 rings (SSSR count). The van der Waals surface area contributed by atoms with Gasteiger partial charge in [0.1, 0.15) is 0 Å². The van der Waals surface area contributed by atoms with Crippen molar-refractivity contribution in [3.8, 4) is 0 Å². The monoisotopic (exact) mass is 128 g/mol. The second kappa shape index (κ2) is 3.62. The Balaban J connectivity index is 3.45. The largest absolute Gasteiger partial charge is 0.330 e. The summed E-state index contributed by atoms with van der Waals surface area (Å²) in [6.45, 7) is 6.90. The fourth-order valence-electron chi connectivity index (χ4n) is 0.413. The van der Waals surface area contributed by atoms with Crippen LogP contribution in [0.5, 0.6) is 0 Å². The van der Waals surface area contributed by atoms with Crippen molar-refractivity contribution in [1.29, 1.82) is 0 Å².